The normalized spacial score (nSPS) is 17.0. The van der Waals surface area contributed by atoms with E-state index in [1.54, 1.807) is 39.1 Å². The number of aromatic carboxylic acids is 1. The van der Waals surface area contributed by atoms with E-state index in [9.17, 15) is 33.9 Å². The molecule has 3 amide bonds. The van der Waals surface area contributed by atoms with Crippen LogP contribution >= 0.6 is 0 Å². The summed E-state index contributed by atoms with van der Waals surface area (Å²) in [5.41, 5.74) is 1.53. The van der Waals surface area contributed by atoms with Crippen LogP contribution in [0.1, 0.15) is 61.6 Å². The van der Waals surface area contributed by atoms with Crippen molar-refractivity contribution in [3.05, 3.63) is 81.5 Å². The minimum absolute atomic E-state index is 0.0290. The average Bonchev–Trinajstić information content (AvgIpc) is 3.87. The zero-order valence-electron chi connectivity index (χ0n) is 33.4. The van der Waals surface area contributed by atoms with Gasteiger partial charge in [-0.2, -0.15) is 0 Å². The summed E-state index contributed by atoms with van der Waals surface area (Å²) in [6.45, 7) is 6.42. The van der Waals surface area contributed by atoms with Gasteiger partial charge in [0.25, 0.3) is 5.56 Å². The molecule has 7 rings (SSSR count). The number of alkyl carbamates (subject to hydrolysis) is 1. The van der Waals surface area contributed by atoms with Gasteiger partial charge in [0, 0.05) is 98.2 Å². The molecule has 310 valence electrons. The van der Waals surface area contributed by atoms with Gasteiger partial charge in [0.05, 0.1) is 23.6 Å². The van der Waals surface area contributed by atoms with Crippen LogP contribution in [0.4, 0.5) is 25.0 Å². The minimum atomic E-state index is -1.36. The van der Waals surface area contributed by atoms with Crippen LogP contribution in [0.3, 0.4) is 0 Å². The van der Waals surface area contributed by atoms with Crippen molar-refractivity contribution < 1.29 is 42.6 Å². The molecular formula is C42H45F2N7O8. The molecule has 2 atom stereocenters. The fraction of sp³-hybridized carbons (Fsp3) is 0.405. The molecule has 1 aliphatic carbocycles. The fourth-order valence-corrected chi connectivity index (χ4v) is 8.33. The number of carbonyl (C=O) groups is 5. The van der Waals surface area contributed by atoms with Crippen LogP contribution in [0.5, 0.6) is 0 Å². The van der Waals surface area contributed by atoms with E-state index in [-0.39, 0.29) is 43.1 Å². The molecule has 3 N–H and O–H groups in total. The molecule has 5 heterocycles. The topological polar surface area (TPSA) is 183 Å². The van der Waals surface area contributed by atoms with Crippen molar-refractivity contribution >= 4 is 46.6 Å². The third-order valence-electron chi connectivity index (χ3n) is 11.1. The first-order chi connectivity index (χ1) is 27.9. The van der Waals surface area contributed by atoms with E-state index in [1.807, 2.05) is 7.05 Å². The quantitative estimate of drug-likeness (QED) is 0.175. The van der Waals surface area contributed by atoms with E-state index < -0.39 is 64.6 Å². The number of likely N-dealkylation sites (N-methyl/N-ethyl adjacent to an activating group) is 1. The maximum Gasteiger partial charge on any atom is 0.408 e. The summed E-state index contributed by atoms with van der Waals surface area (Å²) in [6, 6.07) is 7.26. The third-order valence-corrected chi connectivity index (χ3v) is 11.1. The second-order valence-corrected chi connectivity index (χ2v) is 16.3. The number of nitrogens with one attached hydrogen (secondary N) is 2. The monoisotopic (exact) mass is 813 g/mol. The number of ketones is 1. The number of carbonyl (C=O) groups excluding carboxylic acids is 4. The van der Waals surface area contributed by atoms with Gasteiger partial charge in [-0.05, 0) is 63.9 Å². The standard InChI is InChI=1S/C42H45F2N7O8/c1-42(2,3)59-41(58)47-18-33(53)46-16-25(52)9-11-34(54)49(5)31-15-29(43)37(44)35-27(31)14-30-36(35)38(50-13-12-23-19-48(4)21-32(23)50)28(17-45-30)22-6-7-24-8-10-26(40(56)57)39(55)51(24)20-22/h6-8,10,15,17,20,23,32H,9,11-14,16,18-19,21H2,1-5H3,(H,46,53)(H,47,58)(H,56,57)/t23-,32+/m0/s1. The molecule has 15 nitrogen and oxygen atoms in total. The Balaban J connectivity index is 1.18. The largest absolute Gasteiger partial charge is 0.477 e. The van der Waals surface area contributed by atoms with Gasteiger partial charge in [-0.1, -0.05) is 6.07 Å². The fourth-order valence-electron chi connectivity index (χ4n) is 8.33. The lowest BCUT2D eigenvalue weighted by Crippen LogP contribution is -2.41. The molecule has 3 aliphatic rings. The van der Waals surface area contributed by atoms with Crippen molar-refractivity contribution in [2.24, 2.45) is 5.92 Å². The molecular weight excluding hydrogens is 768 g/mol. The van der Waals surface area contributed by atoms with Gasteiger partial charge in [-0.3, -0.25) is 28.6 Å². The summed E-state index contributed by atoms with van der Waals surface area (Å²) >= 11 is 0. The molecule has 2 aliphatic heterocycles. The highest BCUT2D eigenvalue weighted by molar-refractivity contribution is 6.01. The number of aromatic nitrogens is 2. The minimum Gasteiger partial charge on any atom is -0.477 e. The Bertz CT molecular complexity index is 2480. The summed E-state index contributed by atoms with van der Waals surface area (Å²) in [6.07, 6.45) is 2.78. The van der Waals surface area contributed by atoms with Crippen molar-refractivity contribution in [2.75, 3.05) is 56.6 Å². The van der Waals surface area contributed by atoms with Crippen molar-refractivity contribution in [1.82, 2.24) is 24.9 Å². The number of Topliss-reactive ketones (excluding diaryl/α,β-unsaturated/α-hetero) is 1. The highest BCUT2D eigenvalue weighted by atomic mass is 19.2. The van der Waals surface area contributed by atoms with Crippen LogP contribution in [-0.4, -0.2) is 108 Å². The highest BCUT2D eigenvalue weighted by Crippen LogP contribution is 2.52. The Hall–Kier alpha value is -6.23. The number of carboxylic acid groups (broad SMARTS) is 1. The predicted octanol–water partition coefficient (Wildman–Crippen LogP) is 4.00. The summed E-state index contributed by atoms with van der Waals surface area (Å²) in [5, 5.41) is 14.3. The number of anilines is 2. The molecule has 17 heteroatoms. The van der Waals surface area contributed by atoms with E-state index in [2.05, 4.69) is 20.4 Å². The highest BCUT2D eigenvalue weighted by Gasteiger charge is 2.44. The summed E-state index contributed by atoms with van der Waals surface area (Å²) < 4.78 is 38.5. The molecule has 3 aromatic heterocycles. The van der Waals surface area contributed by atoms with Crippen molar-refractivity contribution in [3.8, 4) is 22.3 Å². The molecule has 4 aromatic rings. The Labute approximate surface area is 337 Å². The maximum absolute atomic E-state index is 16.4. The van der Waals surface area contributed by atoms with E-state index in [0.29, 0.717) is 51.6 Å². The number of amides is 3. The number of carboxylic acids is 1. The SMILES string of the molecule is CN1C[C@@H]2CCN(c3c(-c4ccc5ccc(C(=O)O)c(=O)n5c4)cnc4c3-c3c(F)c(F)cc(N(C)C(=O)CCC(=O)CNC(=O)CNC(=O)OC(C)(C)C)c3C4)[C@@H]2C1. The summed E-state index contributed by atoms with van der Waals surface area (Å²) in [5.74, 6) is -4.97. The van der Waals surface area contributed by atoms with E-state index >= 15 is 8.78 Å². The lowest BCUT2D eigenvalue weighted by Gasteiger charge is -2.31. The van der Waals surface area contributed by atoms with E-state index in [1.165, 1.54) is 34.7 Å². The van der Waals surface area contributed by atoms with Crippen molar-refractivity contribution in [2.45, 2.75) is 58.1 Å². The molecule has 59 heavy (non-hydrogen) atoms. The number of ether oxygens (including phenoxy) is 1. The Morgan fingerprint density at radius 3 is 2.49 bits per heavy atom. The number of likely N-dealkylation sites (tertiary alicyclic amines) is 1. The molecule has 0 unspecified atom stereocenters. The van der Waals surface area contributed by atoms with Gasteiger partial charge >= 0.3 is 12.1 Å². The van der Waals surface area contributed by atoms with Crippen LogP contribution < -0.4 is 26.0 Å². The second kappa shape index (κ2) is 15.8. The number of hydrogen-bond donors (Lipinski definition) is 3. The smallest absolute Gasteiger partial charge is 0.408 e. The molecule has 0 radical (unpaired) electrons. The van der Waals surface area contributed by atoms with Crippen LogP contribution in [0, 0.1) is 17.6 Å². The number of fused-ring (bicyclic) bond motifs is 5. The second-order valence-electron chi connectivity index (χ2n) is 16.3. The van der Waals surface area contributed by atoms with Crippen molar-refractivity contribution in [3.63, 3.8) is 0 Å². The lowest BCUT2D eigenvalue weighted by atomic mass is 9.96. The molecule has 2 saturated heterocycles. The van der Waals surface area contributed by atoms with Crippen LogP contribution in [0.25, 0.3) is 27.8 Å². The number of rotatable bonds is 11. The zero-order chi connectivity index (χ0) is 42.5. The summed E-state index contributed by atoms with van der Waals surface area (Å²) in [4.78, 5) is 85.6. The van der Waals surface area contributed by atoms with Gasteiger partial charge in [-0.15, -0.1) is 0 Å². The van der Waals surface area contributed by atoms with E-state index in [0.717, 1.165) is 25.6 Å². The number of halogens is 2. The third kappa shape index (κ3) is 8.11. The molecule has 1 aromatic carbocycles. The van der Waals surface area contributed by atoms with Gasteiger partial charge in [0.1, 0.15) is 17.7 Å². The number of nitrogens with zero attached hydrogens (tertiary/aromatic N) is 5. The Morgan fingerprint density at radius 2 is 1.76 bits per heavy atom. The maximum atomic E-state index is 16.4. The molecule has 0 saturated carbocycles. The lowest BCUT2D eigenvalue weighted by molar-refractivity contribution is -0.125. The zero-order valence-corrected chi connectivity index (χ0v) is 33.4. The van der Waals surface area contributed by atoms with Gasteiger partial charge in [-0.25, -0.2) is 18.4 Å². The Morgan fingerprint density at radius 1 is 1.02 bits per heavy atom. The molecule has 0 spiro atoms. The first-order valence-electron chi connectivity index (χ1n) is 19.3. The Kier molecular flexibility index (Phi) is 11.0. The first kappa shape index (κ1) is 40.9. The van der Waals surface area contributed by atoms with Crippen LogP contribution in [0.15, 0.2) is 47.5 Å². The van der Waals surface area contributed by atoms with Crippen LogP contribution in [0.2, 0.25) is 0 Å². The number of benzene rings is 1. The summed E-state index contributed by atoms with van der Waals surface area (Å²) in [7, 11) is 3.45. The molecule has 2 fully saturated rings. The average molecular weight is 814 g/mol. The number of hydrogen-bond acceptors (Lipinski definition) is 10. The number of pyridine rings is 3. The van der Waals surface area contributed by atoms with Crippen molar-refractivity contribution in [1.29, 1.82) is 0 Å². The van der Waals surface area contributed by atoms with Crippen LogP contribution in [-0.2, 0) is 25.5 Å². The van der Waals surface area contributed by atoms with Gasteiger partial charge in [0.2, 0.25) is 11.8 Å². The molecule has 0 bridgehead atoms. The van der Waals surface area contributed by atoms with Gasteiger partial charge in [0.15, 0.2) is 17.4 Å². The van der Waals surface area contributed by atoms with E-state index in [4.69, 9.17) is 9.72 Å². The van der Waals surface area contributed by atoms with Gasteiger partial charge < -0.3 is 35.2 Å². The predicted molar refractivity (Wildman–Crippen MR) is 214 cm³/mol. The first-order valence-corrected chi connectivity index (χ1v) is 19.3.